The molecule has 0 spiro atoms. The van der Waals surface area contributed by atoms with E-state index in [1.165, 1.54) is 12.3 Å². The molecule has 0 saturated carbocycles. The third kappa shape index (κ3) is 5.25. The van der Waals surface area contributed by atoms with Gasteiger partial charge < -0.3 is 19.0 Å². The molecule has 2 aromatic rings. The van der Waals surface area contributed by atoms with E-state index in [1.807, 2.05) is 0 Å². The number of aliphatic carboxylic acids is 1. The van der Waals surface area contributed by atoms with E-state index < -0.39 is 24.4 Å². The summed E-state index contributed by atoms with van der Waals surface area (Å²) in [5, 5.41) is 9.80. The van der Waals surface area contributed by atoms with Gasteiger partial charge in [-0.25, -0.2) is 4.79 Å². The number of thioether (sulfide) groups is 1. The zero-order valence-corrected chi connectivity index (χ0v) is 18.2. The Kier molecular flexibility index (Phi) is 6.98. The Morgan fingerprint density at radius 3 is 2.71 bits per heavy atom. The van der Waals surface area contributed by atoms with Crippen molar-refractivity contribution in [3.05, 3.63) is 52.3 Å². The molecule has 0 radical (unpaired) electrons. The Labute approximate surface area is 187 Å². The van der Waals surface area contributed by atoms with E-state index in [9.17, 15) is 14.4 Å². The number of benzene rings is 1. The largest absolute Gasteiger partial charge is 0.490 e. The Balaban J connectivity index is 1.78. The zero-order valence-electron chi connectivity index (χ0n) is 16.5. The summed E-state index contributed by atoms with van der Waals surface area (Å²) in [5.41, 5.74) is 3.40. The van der Waals surface area contributed by atoms with Crippen LogP contribution in [0.4, 0.5) is 0 Å². The number of amides is 2. The first-order valence-corrected chi connectivity index (χ1v) is 10.3. The van der Waals surface area contributed by atoms with E-state index in [0.717, 1.165) is 16.8 Å². The van der Waals surface area contributed by atoms with E-state index in [2.05, 4.69) is 5.43 Å². The van der Waals surface area contributed by atoms with Crippen LogP contribution in [0.25, 0.3) is 6.08 Å². The van der Waals surface area contributed by atoms with E-state index in [1.54, 1.807) is 38.1 Å². The molecule has 1 saturated heterocycles. The van der Waals surface area contributed by atoms with Crippen molar-refractivity contribution in [3.63, 3.8) is 0 Å². The molecule has 1 aromatic heterocycles. The van der Waals surface area contributed by atoms with Crippen LogP contribution in [0.15, 0.2) is 39.9 Å². The molecule has 2 N–H and O–H groups in total. The topological polar surface area (TPSA) is 118 Å². The predicted octanol–water partition coefficient (Wildman–Crippen LogP) is 3.00. The van der Waals surface area contributed by atoms with Crippen molar-refractivity contribution in [2.75, 3.05) is 13.2 Å². The summed E-state index contributed by atoms with van der Waals surface area (Å²) in [7, 11) is 0. The molecule has 0 aliphatic carbocycles. The van der Waals surface area contributed by atoms with E-state index in [4.69, 9.17) is 31.2 Å². The predicted molar refractivity (Wildman–Crippen MR) is 117 cm³/mol. The minimum absolute atomic E-state index is 0.178. The van der Waals surface area contributed by atoms with Gasteiger partial charge in [-0.1, -0.05) is 17.8 Å². The highest BCUT2D eigenvalue weighted by molar-refractivity contribution is 8.26. The van der Waals surface area contributed by atoms with Crippen molar-refractivity contribution in [1.82, 2.24) is 10.4 Å². The van der Waals surface area contributed by atoms with Crippen molar-refractivity contribution in [2.24, 2.45) is 0 Å². The fraction of sp³-hybridized carbons (Fsp3) is 0.200. The molecule has 1 aliphatic heterocycles. The Hall–Kier alpha value is -3.31. The Morgan fingerprint density at radius 2 is 2.06 bits per heavy atom. The van der Waals surface area contributed by atoms with Crippen molar-refractivity contribution in [1.29, 1.82) is 0 Å². The molecule has 31 heavy (non-hydrogen) atoms. The van der Waals surface area contributed by atoms with Gasteiger partial charge in [-0.2, -0.15) is 5.01 Å². The number of nitrogens with zero attached hydrogens (tertiary/aromatic N) is 1. The van der Waals surface area contributed by atoms with Gasteiger partial charge in [-0.05, 0) is 55.9 Å². The number of aryl methyl sites for hydroxylation is 1. The maximum atomic E-state index is 12.8. The van der Waals surface area contributed by atoms with Crippen molar-refractivity contribution in [2.45, 2.75) is 13.8 Å². The summed E-state index contributed by atoms with van der Waals surface area (Å²) in [6, 6.07) is 6.34. The second-order valence-electron chi connectivity index (χ2n) is 6.17. The highest BCUT2D eigenvalue weighted by Gasteiger charge is 2.34. The van der Waals surface area contributed by atoms with E-state index in [-0.39, 0.29) is 10.1 Å². The molecule has 0 bridgehead atoms. The second-order valence-corrected chi connectivity index (χ2v) is 7.85. The normalized spacial score (nSPS) is 14.8. The standard InChI is InChI=1S/C20H18N2O7S2/c1-3-27-15-8-12(4-5-14(15)29-10-17(23)24)9-16-19(26)22(20(30)31-16)21-18(25)13-6-7-28-11(13)2/h4-9H,3,10H2,1-2H3,(H,21,25)(H,23,24)/b16-9+. The number of nitrogens with one attached hydrogen (secondary N) is 1. The summed E-state index contributed by atoms with van der Waals surface area (Å²) in [5.74, 6) is -1.06. The van der Waals surface area contributed by atoms with Gasteiger partial charge in [0, 0.05) is 0 Å². The number of carboxylic acid groups (broad SMARTS) is 1. The van der Waals surface area contributed by atoms with Gasteiger partial charge in [0.15, 0.2) is 22.4 Å². The SMILES string of the molecule is CCOc1cc(/C=C2/SC(=S)N(NC(=O)c3ccoc3C)C2=O)ccc1OCC(=O)O. The monoisotopic (exact) mass is 462 g/mol. The number of carbonyl (C=O) groups is 3. The lowest BCUT2D eigenvalue weighted by Gasteiger charge is -2.15. The molecule has 11 heteroatoms. The number of hydrogen-bond donors (Lipinski definition) is 2. The minimum Gasteiger partial charge on any atom is -0.490 e. The highest BCUT2D eigenvalue weighted by Crippen LogP contribution is 2.34. The molecule has 1 fully saturated rings. The molecule has 162 valence electrons. The number of furan rings is 1. The third-order valence-corrected chi connectivity index (χ3v) is 5.33. The number of carbonyl (C=O) groups excluding carboxylic acids is 2. The number of hydrazine groups is 1. The molecule has 9 nitrogen and oxygen atoms in total. The van der Waals surface area contributed by atoms with E-state index >= 15 is 0 Å². The minimum atomic E-state index is -1.11. The number of rotatable bonds is 8. The van der Waals surface area contributed by atoms with Crippen LogP contribution < -0.4 is 14.9 Å². The maximum Gasteiger partial charge on any atom is 0.341 e. The first kappa shape index (κ1) is 22.4. The molecule has 1 aliphatic rings. The summed E-state index contributed by atoms with van der Waals surface area (Å²) >= 11 is 6.27. The number of thiocarbonyl (C=S) groups is 1. The molecule has 2 amide bonds. The summed E-state index contributed by atoms with van der Waals surface area (Å²) in [6.07, 6.45) is 2.98. The molecule has 0 unspecified atom stereocenters. The van der Waals surface area contributed by atoms with E-state index in [0.29, 0.717) is 34.1 Å². The molecule has 1 aromatic carbocycles. The number of ether oxygens (including phenoxy) is 2. The first-order valence-electron chi connectivity index (χ1n) is 9.04. The Bertz CT molecular complexity index is 1080. The van der Waals surface area contributed by atoms with Gasteiger partial charge in [-0.15, -0.1) is 0 Å². The average molecular weight is 463 g/mol. The van der Waals surface area contributed by atoms with Crippen LogP contribution in [0.5, 0.6) is 11.5 Å². The smallest absolute Gasteiger partial charge is 0.341 e. The number of hydrogen-bond acceptors (Lipinski definition) is 8. The maximum absolute atomic E-state index is 12.8. The van der Waals surface area contributed by atoms with Crippen LogP contribution in [0.2, 0.25) is 0 Å². The fourth-order valence-electron chi connectivity index (χ4n) is 2.64. The highest BCUT2D eigenvalue weighted by atomic mass is 32.2. The van der Waals surface area contributed by atoms with Crippen LogP contribution in [0, 0.1) is 6.92 Å². The van der Waals surface area contributed by atoms with Crippen LogP contribution in [-0.2, 0) is 9.59 Å². The quantitative estimate of drug-likeness (QED) is 0.451. The van der Waals surface area contributed by atoms with Crippen molar-refractivity contribution >= 4 is 52.2 Å². The molecular weight excluding hydrogens is 444 g/mol. The second kappa shape index (κ2) is 9.67. The van der Waals surface area contributed by atoms with Gasteiger partial charge in [0.1, 0.15) is 5.76 Å². The van der Waals surface area contributed by atoms with Crippen LogP contribution in [0.1, 0.15) is 28.6 Å². The van der Waals surface area contributed by atoms with Crippen molar-refractivity contribution < 1.29 is 33.4 Å². The zero-order chi connectivity index (χ0) is 22.5. The van der Waals surface area contributed by atoms with Gasteiger partial charge in [-0.3, -0.25) is 15.0 Å². The summed E-state index contributed by atoms with van der Waals surface area (Å²) in [6.45, 7) is 3.25. The van der Waals surface area contributed by atoms with Crippen LogP contribution >= 0.6 is 24.0 Å². The summed E-state index contributed by atoms with van der Waals surface area (Å²) < 4.78 is 16.0. The van der Waals surface area contributed by atoms with Gasteiger partial charge in [0.05, 0.1) is 23.3 Å². The molecular formula is C20H18N2O7S2. The van der Waals surface area contributed by atoms with Gasteiger partial charge in [0.25, 0.3) is 11.8 Å². The van der Waals surface area contributed by atoms with Gasteiger partial charge >= 0.3 is 5.97 Å². The fourth-order valence-corrected chi connectivity index (χ4v) is 3.82. The number of carboxylic acids is 1. The summed E-state index contributed by atoms with van der Waals surface area (Å²) in [4.78, 5) is 36.2. The lowest BCUT2D eigenvalue weighted by Crippen LogP contribution is -2.44. The van der Waals surface area contributed by atoms with Gasteiger partial charge in [0.2, 0.25) is 0 Å². The van der Waals surface area contributed by atoms with Crippen molar-refractivity contribution in [3.8, 4) is 11.5 Å². The lowest BCUT2D eigenvalue weighted by molar-refractivity contribution is -0.139. The third-order valence-electron chi connectivity index (χ3n) is 4.03. The molecule has 2 heterocycles. The average Bonchev–Trinajstić information content (AvgIpc) is 3.26. The molecule has 3 rings (SSSR count). The van der Waals surface area contributed by atoms with Crippen LogP contribution in [-0.4, -0.2) is 45.4 Å². The first-order chi connectivity index (χ1) is 14.8. The van der Waals surface area contributed by atoms with Crippen LogP contribution in [0.3, 0.4) is 0 Å². The lowest BCUT2D eigenvalue weighted by atomic mass is 10.2. The molecule has 0 atom stereocenters. The Morgan fingerprint density at radius 1 is 1.29 bits per heavy atom.